The monoisotopic (exact) mass is 1080 g/mol. The first-order chi connectivity index (χ1) is 37.2. The number of phosphoric acid groups is 1. The van der Waals surface area contributed by atoms with Crippen LogP contribution in [0.15, 0.2) is 134 Å². The Labute approximate surface area is 461 Å². The number of aliphatic hydroxyl groups is 1. The van der Waals surface area contributed by atoms with Gasteiger partial charge in [0.2, 0.25) is 0 Å². The number of unbranched alkanes of at least 4 members (excludes halogenated alkanes) is 14. The molecule has 0 aliphatic rings. The van der Waals surface area contributed by atoms with Gasteiger partial charge in [-0.25, -0.2) is 4.57 Å². The van der Waals surface area contributed by atoms with Crippen LogP contribution in [0.4, 0.5) is 0 Å². The summed E-state index contributed by atoms with van der Waals surface area (Å²) in [5.74, 6) is -1.73. The van der Waals surface area contributed by atoms with Gasteiger partial charge in [0, 0.05) is 12.8 Å². The van der Waals surface area contributed by atoms with E-state index in [9.17, 15) is 28.9 Å². The molecular formula is C64H103O11P. The van der Waals surface area contributed by atoms with Crippen molar-refractivity contribution in [3.63, 3.8) is 0 Å². The molecule has 0 saturated carbocycles. The summed E-state index contributed by atoms with van der Waals surface area (Å²) in [5, 5.41) is 9.82. The molecule has 3 atom stereocenters. The van der Waals surface area contributed by atoms with Crippen molar-refractivity contribution in [2.75, 3.05) is 26.4 Å². The normalized spacial score (nSPS) is 14.3. The van der Waals surface area contributed by atoms with Crippen molar-refractivity contribution < 1.29 is 52.2 Å². The number of aliphatic hydroxyl groups excluding tert-OH is 1. The summed E-state index contributed by atoms with van der Waals surface area (Å²) in [5.41, 5.74) is 0. The molecule has 0 spiro atoms. The van der Waals surface area contributed by atoms with E-state index >= 15 is 0 Å². The van der Waals surface area contributed by atoms with Crippen molar-refractivity contribution in [2.45, 2.75) is 226 Å². The maximum absolute atomic E-state index is 12.9. The lowest BCUT2D eigenvalue weighted by Gasteiger charge is -2.21. The second-order valence-corrected chi connectivity index (χ2v) is 20.2. The minimum absolute atomic E-state index is 0.0754. The number of hydrogen-bond acceptors (Lipinski definition) is 10. The lowest BCUT2D eigenvalue weighted by atomic mass is 10.0. The minimum Gasteiger partial charge on any atom is -0.462 e. The van der Waals surface area contributed by atoms with Crippen molar-refractivity contribution >= 4 is 25.7 Å². The third-order valence-electron chi connectivity index (χ3n) is 11.6. The largest absolute Gasteiger partial charge is 0.472 e. The van der Waals surface area contributed by atoms with Crippen molar-refractivity contribution in [2.24, 2.45) is 0 Å². The first kappa shape index (κ1) is 71.6. The lowest BCUT2D eigenvalue weighted by molar-refractivity contribution is -0.160. The maximum atomic E-state index is 12.9. The van der Waals surface area contributed by atoms with E-state index in [0.29, 0.717) is 19.3 Å². The lowest BCUT2D eigenvalue weighted by Crippen LogP contribution is -2.30. The molecule has 2 N–H and O–H groups in total. The molecule has 12 heteroatoms. The SMILES string of the molecule is CC/C=C\C/C=C\C/C=C\C/C=C\C/C=C\C/C=C\CCC(=O)OCC(COP(=O)(O)OCC(CO)OC(=O)CCCCCCCCCCCCCCCCC)OC(=O)C/C=C\C/C=C\C/C=C\C/C=C\C/C=C\CC. The molecule has 0 radical (unpaired) electrons. The summed E-state index contributed by atoms with van der Waals surface area (Å²) in [6.45, 7) is 4.21. The van der Waals surface area contributed by atoms with Crippen LogP contribution in [0.1, 0.15) is 213 Å². The molecule has 0 aliphatic heterocycles. The zero-order valence-corrected chi connectivity index (χ0v) is 48.3. The smallest absolute Gasteiger partial charge is 0.462 e. The van der Waals surface area contributed by atoms with Crippen LogP contribution in [0, 0.1) is 0 Å². The highest BCUT2D eigenvalue weighted by Gasteiger charge is 2.28. The molecule has 76 heavy (non-hydrogen) atoms. The molecule has 0 saturated heterocycles. The highest BCUT2D eigenvalue weighted by Crippen LogP contribution is 2.43. The molecule has 3 unspecified atom stereocenters. The van der Waals surface area contributed by atoms with Crippen LogP contribution < -0.4 is 0 Å². The predicted octanol–water partition coefficient (Wildman–Crippen LogP) is 17.4. The highest BCUT2D eigenvalue weighted by molar-refractivity contribution is 7.47. The van der Waals surface area contributed by atoms with Gasteiger partial charge >= 0.3 is 25.7 Å². The van der Waals surface area contributed by atoms with Crippen molar-refractivity contribution in [3.05, 3.63) is 134 Å². The number of phosphoric ester groups is 1. The predicted molar refractivity (Wildman–Crippen MR) is 316 cm³/mol. The molecule has 11 nitrogen and oxygen atoms in total. The molecule has 0 aromatic carbocycles. The van der Waals surface area contributed by atoms with E-state index in [4.69, 9.17) is 23.3 Å². The van der Waals surface area contributed by atoms with Crippen molar-refractivity contribution in [1.82, 2.24) is 0 Å². The first-order valence-electron chi connectivity index (χ1n) is 29.1. The van der Waals surface area contributed by atoms with Crippen molar-refractivity contribution in [1.29, 1.82) is 0 Å². The fourth-order valence-corrected chi connectivity index (χ4v) is 8.06. The number of carbonyl (C=O) groups is 3. The Morgan fingerprint density at radius 1 is 0.395 bits per heavy atom. The van der Waals surface area contributed by atoms with Crippen LogP contribution in [-0.2, 0) is 42.2 Å². The van der Waals surface area contributed by atoms with E-state index in [0.717, 1.165) is 83.5 Å². The van der Waals surface area contributed by atoms with Crippen LogP contribution in [0.5, 0.6) is 0 Å². The average Bonchev–Trinajstić information content (AvgIpc) is 3.41. The zero-order chi connectivity index (χ0) is 55.5. The van der Waals surface area contributed by atoms with Gasteiger partial charge in [0.15, 0.2) is 6.10 Å². The van der Waals surface area contributed by atoms with E-state index < -0.39 is 64.4 Å². The van der Waals surface area contributed by atoms with Gasteiger partial charge in [-0.1, -0.05) is 244 Å². The molecule has 0 aromatic rings. The van der Waals surface area contributed by atoms with Crippen LogP contribution in [-0.4, -0.2) is 66.5 Å². The van der Waals surface area contributed by atoms with E-state index in [-0.39, 0.29) is 19.3 Å². The van der Waals surface area contributed by atoms with Crippen molar-refractivity contribution in [3.8, 4) is 0 Å². The van der Waals surface area contributed by atoms with Gasteiger partial charge in [0.1, 0.15) is 12.7 Å². The summed E-state index contributed by atoms with van der Waals surface area (Å²) < 4.78 is 39.3. The summed E-state index contributed by atoms with van der Waals surface area (Å²) in [4.78, 5) is 48.5. The van der Waals surface area contributed by atoms with Crippen LogP contribution in [0.3, 0.4) is 0 Å². The standard InChI is InChI=1S/C64H103O11P/c1-4-7-10-13-16-19-22-25-28-29-30-31-34-35-38-41-44-47-50-53-62(66)71-57-61(75-64(68)55-52-49-46-43-40-37-33-27-24-21-18-15-12-9-6-3)59-73-76(69,70)72-58-60(56-65)74-63(67)54-51-48-45-42-39-36-32-26-23-20-17-14-11-8-5-2/h7,9-10,12,16,18-19,21,25,27-28,30-31,33,35,38,40,43-44,47,49,52,60-61,65H,4-6,8,11,13-15,17,20,22-24,26,29,32,34,36-37,39,41-42,45-46,48,50-51,53-59H2,1-3H3,(H,69,70)/b10-7-,12-9-,19-16-,21-18-,28-25-,31-30-,33-27-,38-35-,43-40-,47-44-,52-49-. The molecule has 0 fully saturated rings. The van der Waals surface area contributed by atoms with Crippen LogP contribution in [0.2, 0.25) is 0 Å². The zero-order valence-electron chi connectivity index (χ0n) is 47.4. The Morgan fingerprint density at radius 2 is 0.737 bits per heavy atom. The number of hydrogen-bond donors (Lipinski definition) is 2. The summed E-state index contributed by atoms with van der Waals surface area (Å²) >= 11 is 0. The number of esters is 3. The third kappa shape index (κ3) is 54.4. The molecule has 0 bridgehead atoms. The number of rotatable bonds is 52. The average molecular weight is 1080 g/mol. The second kappa shape index (κ2) is 56.8. The molecule has 0 aliphatic carbocycles. The van der Waals surface area contributed by atoms with E-state index in [1.807, 2.05) is 30.4 Å². The van der Waals surface area contributed by atoms with E-state index in [2.05, 4.69) is 118 Å². The Morgan fingerprint density at radius 3 is 1.13 bits per heavy atom. The summed E-state index contributed by atoms with van der Waals surface area (Å²) in [7, 11) is -4.80. The summed E-state index contributed by atoms with van der Waals surface area (Å²) in [6, 6.07) is 0. The Hall–Kier alpha value is -4.38. The number of ether oxygens (including phenoxy) is 3. The second-order valence-electron chi connectivity index (χ2n) is 18.7. The number of allylic oxidation sites excluding steroid dienone is 21. The van der Waals surface area contributed by atoms with Crippen LogP contribution in [0.25, 0.3) is 0 Å². The fraction of sp³-hybridized carbons (Fsp3) is 0.609. The van der Waals surface area contributed by atoms with Crippen LogP contribution >= 0.6 is 7.82 Å². The minimum atomic E-state index is -4.80. The topological polar surface area (TPSA) is 155 Å². The maximum Gasteiger partial charge on any atom is 0.472 e. The van der Waals surface area contributed by atoms with Gasteiger partial charge in [0.25, 0.3) is 0 Å². The molecule has 0 amide bonds. The Bertz CT molecular complexity index is 1780. The van der Waals surface area contributed by atoms with Gasteiger partial charge < -0.3 is 24.2 Å². The fourth-order valence-electron chi connectivity index (χ4n) is 7.28. The quantitative estimate of drug-likeness (QED) is 0.0197. The van der Waals surface area contributed by atoms with Gasteiger partial charge in [-0.15, -0.1) is 0 Å². The first-order valence-corrected chi connectivity index (χ1v) is 30.6. The third-order valence-corrected chi connectivity index (χ3v) is 12.6. The molecule has 0 rings (SSSR count). The van der Waals surface area contributed by atoms with Gasteiger partial charge in [-0.05, 0) is 83.5 Å². The molecule has 0 aromatic heterocycles. The Balaban J connectivity index is 4.92. The van der Waals surface area contributed by atoms with Gasteiger partial charge in [-0.2, -0.15) is 0 Å². The molecule has 0 heterocycles. The van der Waals surface area contributed by atoms with E-state index in [1.165, 1.54) is 70.6 Å². The summed E-state index contributed by atoms with van der Waals surface area (Å²) in [6.07, 6.45) is 71.7. The van der Waals surface area contributed by atoms with Gasteiger partial charge in [-0.3, -0.25) is 23.4 Å². The Kier molecular flexibility index (Phi) is 53.5. The van der Waals surface area contributed by atoms with Gasteiger partial charge in [0.05, 0.1) is 26.2 Å². The molecule has 430 valence electrons. The van der Waals surface area contributed by atoms with E-state index in [1.54, 1.807) is 6.08 Å². The molecular weight excluding hydrogens is 976 g/mol. The number of carbonyl (C=O) groups excluding carboxylic acids is 3. The highest BCUT2D eigenvalue weighted by atomic mass is 31.2.